The molecule has 0 aromatic heterocycles. The van der Waals surface area contributed by atoms with E-state index in [2.05, 4.69) is 10.6 Å². The largest absolute Gasteiger partial charge is 0.350 e. The summed E-state index contributed by atoms with van der Waals surface area (Å²) in [5, 5.41) is 16.2. The number of nitro benzene ring substituents is 1. The molecule has 2 rings (SSSR count). The van der Waals surface area contributed by atoms with Crippen LogP contribution in [0.1, 0.15) is 29.8 Å². The van der Waals surface area contributed by atoms with Gasteiger partial charge in [0.15, 0.2) is 0 Å². The molecule has 2 amide bonds. The molecular formula is C19H19N3O4. The molecule has 0 radical (unpaired) electrons. The molecule has 0 saturated carbocycles. The molecule has 0 fully saturated rings. The number of benzene rings is 2. The Morgan fingerprint density at radius 1 is 1.12 bits per heavy atom. The maximum absolute atomic E-state index is 12.0. The monoisotopic (exact) mass is 353 g/mol. The number of nitro groups is 1. The number of carbonyl (C=O) groups is 2. The van der Waals surface area contributed by atoms with Gasteiger partial charge >= 0.3 is 0 Å². The van der Waals surface area contributed by atoms with Crippen molar-refractivity contribution < 1.29 is 14.5 Å². The lowest BCUT2D eigenvalue weighted by molar-refractivity contribution is -0.384. The number of hydrogen-bond donors (Lipinski definition) is 2. The van der Waals surface area contributed by atoms with Crippen molar-refractivity contribution in [1.29, 1.82) is 0 Å². The van der Waals surface area contributed by atoms with Gasteiger partial charge in [0.2, 0.25) is 5.91 Å². The lowest BCUT2D eigenvalue weighted by Crippen LogP contribution is -2.30. The summed E-state index contributed by atoms with van der Waals surface area (Å²) in [7, 11) is 0. The summed E-state index contributed by atoms with van der Waals surface area (Å²) in [5.41, 5.74) is 1.42. The van der Waals surface area contributed by atoms with E-state index in [0.717, 1.165) is 0 Å². The van der Waals surface area contributed by atoms with Crippen molar-refractivity contribution in [2.24, 2.45) is 0 Å². The third-order valence-electron chi connectivity index (χ3n) is 3.32. The summed E-state index contributed by atoms with van der Waals surface area (Å²) in [5.74, 6) is -0.624. The first-order chi connectivity index (χ1) is 12.3. The molecule has 7 nitrogen and oxygen atoms in total. The van der Waals surface area contributed by atoms with Gasteiger partial charge < -0.3 is 10.6 Å². The summed E-state index contributed by atoms with van der Waals surface area (Å²) in [6, 6.07) is 12.6. The van der Waals surface area contributed by atoms with Gasteiger partial charge in [-0.25, -0.2) is 0 Å². The van der Waals surface area contributed by atoms with Gasteiger partial charge in [0.05, 0.1) is 4.92 Å². The predicted octanol–water partition coefficient (Wildman–Crippen LogP) is 3.38. The van der Waals surface area contributed by atoms with Gasteiger partial charge in [0.1, 0.15) is 0 Å². The highest BCUT2D eigenvalue weighted by atomic mass is 16.6. The van der Waals surface area contributed by atoms with Crippen molar-refractivity contribution >= 4 is 29.3 Å². The molecule has 0 heterocycles. The third kappa shape index (κ3) is 5.55. The van der Waals surface area contributed by atoms with E-state index in [1.54, 1.807) is 36.4 Å². The van der Waals surface area contributed by atoms with E-state index in [0.29, 0.717) is 16.8 Å². The normalized spacial score (nSPS) is 10.7. The van der Waals surface area contributed by atoms with Gasteiger partial charge in [-0.15, -0.1) is 0 Å². The Bertz CT molecular complexity index is 859. The third-order valence-corrected chi connectivity index (χ3v) is 3.32. The number of non-ortho nitro benzene ring substituents is 1. The summed E-state index contributed by atoms with van der Waals surface area (Å²) >= 11 is 0. The summed E-state index contributed by atoms with van der Waals surface area (Å²) < 4.78 is 0. The highest BCUT2D eigenvalue weighted by molar-refractivity contribution is 6.03. The van der Waals surface area contributed by atoms with Crippen LogP contribution in [0.3, 0.4) is 0 Å². The smallest absolute Gasteiger partial charge is 0.270 e. The Morgan fingerprint density at radius 3 is 2.54 bits per heavy atom. The highest BCUT2D eigenvalue weighted by Gasteiger charge is 2.08. The van der Waals surface area contributed by atoms with E-state index in [9.17, 15) is 19.7 Å². The van der Waals surface area contributed by atoms with E-state index in [1.807, 2.05) is 13.8 Å². The van der Waals surface area contributed by atoms with E-state index in [1.165, 1.54) is 24.3 Å². The van der Waals surface area contributed by atoms with Crippen LogP contribution < -0.4 is 10.6 Å². The van der Waals surface area contributed by atoms with E-state index in [-0.39, 0.29) is 17.6 Å². The molecule has 0 saturated heterocycles. The standard InChI is InChI=1S/C19H19N3O4/c1-13(2)20-19(24)15-6-4-7-16(12-15)21-18(23)10-9-14-5-3-8-17(11-14)22(25)26/h3-13H,1-2H3,(H,20,24)(H,21,23)/b10-9+. The molecule has 0 bridgehead atoms. The average Bonchev–Trinajstić information content (AvgIpc) is 2.60. The molecule has 7 heteroatoms. The van der Waals surface area contributed by atoms with Crippen molar-refractivity contribution in [1.82, 2.24) is 5.32 Å². The van der Waals surface area contributed by atoms with Gasteiger partial charge in [-0.2, -0.15) is 0 Å². The minimum Gasteiger partial charge on any atom is -0.350 e. The van der Waals surface area contributed by atoms with Gasteiger partial charge in [0.25, 0.3) is 11.6 Å². The van der Waals surface area contributed by atoms with Crippen LogP contribution in [-0.4, -0.2) is 22.8 Å². The molecule has 134 valence electrons. The number of nitrogens with one attached hydrogen (secondary N) is 2. The Hall–Kier alpha value is -3.48. The maximum Gasteiger partial charge on any atom is 0.270 e. The number of rotatable bonds is 6. The Labute approximate surface area is 150 Å². The van der Waals surface area contributed by atoms with Gasteiger partial charge in [0, 0.05) is 35.5 Å². The predicted molar refractivity (Wildman–Crippen MR) is 99.8 cm³/mol. The molecule has 0 aliphatic heterocycles. The van der Waals surface area contributed by atoms with Crippen LogP contribution in [0.25, 0.3) is 6.08 Å². The van der Waals surface area contributed by atoms with Crippen LogP contribution in [0.5, 0.6) is 0 Å². The van der Waals surface area contributed by atoms with Crippen LogP contribution in [0.4, 0.5) is 11.4 Å². The van der Waals surface area contributed by atoms with E-state index < -0.39 is 10.8 Å². The first-order valence-corrected chi connectivity index (χ1v) is 7.99. The number of nitrogens with zero attached hydrogens (tertiary/aromatic N) is 1. The number of anilines is 1. The second-order valence-corrected chi connectivity index (χ2v) is 5.88. The Morgan fingerprint density at radius 2 is 1.85 bits per heavy atom. The van der Waals surface area contributed by atoms with Crippen molar-refractivity contribution in [2.45, 2.75) is 19.9 Å². The molecule has 2 N–H and O–H groups in total. The molecular weight excluding hydrogens is 334 g/mol. The van der Waals surface area contributed by atoms with Crippen LogP contribution >= 0.6 is 0 Å². The zero-order valence-electron chi connectivity index (χ0n) is 14.4. The SMILES string of the molecule is CC(C)NC(=O)c1cccc(NC(=O)/C=C/c2cccc([N+](=O)[O-])c2)c1. The zero-order valence-corrected chi connectivity index (χ0v) is 14.4. The number of amides is 2. The van der Waals surface area contributed by atoms with E-state index in [4.69, 9.17) is 0 Å². The molecule has 2 aromatic carbocycles. The minimum atomic E-state index is -0.495. The van der Waals surface area contributed by atoms with Crippen molar-refractivity contribution in [3.05, 3.63) is 75.8 Å². The van der Waals surface area contributed by atoms with Crippen molar-refractivity contribution in [2.75, 3.05) is 5.32 Å². The fourth-order valence-electron chi connectivity index (χ4n) is 2.18. The fraction of sp³-hybridized carbons (Fsp3) is 0.158. The zero-order chi connectivity index (χ0) is 19.1. The quantitative estimate of drug-likeness (QED) is 0.472. The van der Waals surface area contributed by atoms with Gasteiger partial charge in [-0.1, -0.05) is 18.2 Å². The van der Waals surface area contributed by atoms with Crippen molar-refractivity contribution in [3.8, 4) is 0 Å². The molecule has 0 aliphatic carbocycles. The maximum atomic E-state index is 12.0. The number of hydrogen-bond acceptors (Lipinski definition) is 4. The second kappa shape index (κ2) is 8.57. The van der Waals surface area contributed by atoms with Crippen LogP contribution in [0.15, 0.2) is 54.6 Å². The van der Waals surface area contributed by atoms with Crippen molar-refractivity contribution in [3.63, 3.8) is 0 Å². The van der Waals surface area contributed by atoms with Crippen LogP contribution in [0, 0.1) is 10.1 Å². The Balaban J connectivity index is 2.05. The lowest BCUT2D eigenvalue weighted by atomic mass is 10.1. The topological polar surface area (TPSA) is 101 Å². The minimum absolute atomic E-state index is 0.0126. The molecule has 0 atom stereocenters. The van der Waals surface area contributed by atoms with Crippen LogP contribution in [-0.2, 0) is 4.79 Å². The molecule has 0 spiro atoms. The number of carbonyl (C=O) groups excluding carboxylic acids is 2. The summed E-state index contributed by atoms with van der Waals surface area (Å²) in [4.78, 5) is 34.3. The molecule has 0 aliphatic rings. The summed E-state index contributed by atoms with van der Waals surface area (Å²) in [6.07, 6.45) is 2.76. The van der Waals surface area contributed by atoms with Gasteiger partial charge in [-0.3, -0.25) is 19.7 Å². The molecule has 2 aromatic rings. The highest BCUT2D eigenvalue weighted by Crippen LogP contribution is 2.15. The van der Waals surface area contributed by atoms with Gasteiger partial charge in [-0.05, 0) is 43.7 Å². The molecule has 26 heavy (non-hydrogen) atoms. The molecule has 0 unspecified atom stereocenters. The fourth-order valence-corrected chi connectivity index (χ4v) is 2.18. The Kier molecular flexibility index (Phi) is 6.21. The first kappa shape index (κ1) is 18.9. The first-order valence-electron chi connectivity index (χ1n) is 7.99. The second-order valence-electron chi connectivity index (χ2n) is 5.88. The van der Waals surface area contributed by atoms with E-state index >= 15 is 0 Å². The average molecular weight is 353 g/mol. The summed E-state index contributed by atoms with van der Waals surface area (Å²) in [6.45, 7) is 3.73. The lowest BCUT2D eigenvalue weighted by Gasteiger charge is -2.09. The van der Waals surface area contributed by atoms with Crippen LogP contribution in [0.2, 0.25) is 0 Å².